The summed E-state index contributed by atoms with van der Waals surface area (Å²) in [5.41, 5.74) is 2.96. The first-order valence-corrected chi connectivity index (χ1v) is 11.9. The zero-order valence-electron chi connectivity index (χ0n) is 18.8. The van der Waals surface area contributed by atoms with Crippen molar-refractivity contribution in [3.05, 3.63) is 94.3 Å². The van der Waals surface area contributed by atoms with Gasteiger partial charge in [-0.2, -0.15) is 0 Å². The molecular weight excluding hydrogens is 448 g/mol. The predicted octanol–water partition coefficient (Wildman–Crippen LogP) is 4.58. The molecule has 5 rings (SSSR count). The third-order valence-corrected chi connectivity index (χ3v) is 6.65. The summed E-state index contributed by atoms with van der Waals surface area (Å²) in [5, 5.41) is 9.75. The number of methoxy groups -OCH3 is 1. The number of ether oxygens (including phenoxy) is 1. The summed E-state index contributed by atoms with van der Waals surface area (Å²) in [4.78, 5) is 26.2. The van der Waals surface area contributed by atoms with E-state index in [-0.39, 0.29) is 17.1 Å². The lowest BCUT2D eigenvalue weighted by Gasteiger charge is -2.12. The molecule has 170 valence electrons. The number of hydrogen-bond donors (Lipinski definition) is 0. The first-order chi connectivity index (χ1) is 16.6. The highest BCUT2D eigenvalue weighted by atomic mass is 32.2. The van der Waals surface area contributed by atoms with Crippen molar-refractivity contribution >= 4 is 34.2 Å². The van der Waals surface area contributed by atoms with Crippen LogP contribution in [0.15, 0.2) is 82.7 Å². The Morgan fingerprint density at radius 2 is 1.79 bits per heavy atom. The van der Waals surface area contributed by atoms with Crippen LogP contribution in [-0.4, -0.2) is 37.8 Å². The first kappa shape index (κ1) is 21.9. The number of Topliss-reactive ketones (excluding diaryl/α,β-unsaturated/α-hetero) is 1. The molecule has 0 spiro atoms. The molecule has 0 saturated heterocycles. The number of fused-ring (bicyclic) bond motifs is 3. The van der Waals surface area contributed by atoms with Gasteiger partial charge in [0.15, 0.2) is 10.9 Å². The summed E-state index contributed by atoms with van der Waals surface area (Å²) in [5.74, 6) is 1.22. The molecule has 2 aromatic heterocycles. The number of carbonyl (C=O) groups is 1. The second-order valence-electron chi connectivity index (χ2n) is 7.74. The van der Waals surface area contributed by atoms with E-state index in [0.29, 0.717) is 38.8 Å². The fraction of sp³-hybridized carbons (Fsp3) is 0.154. The van der Waals surface area contributed by atoms with Crippen LogP contribution < -0.4 is 10.3 Å². The number of aromatic nitrogens is 4. The molecule has 7 nitrogen and oxygen atoms in total. The summed E-state index contributed by atoms with van der Waals surface area (Å²) in [6.07, 6.45) is 0.928. The number of aryl methyl sites for hydroxylation is 1. The summed E-state index contributed by atoms with van der Waals surface area (Å²) >= 11 is 1.30. The molecule has 0 atom stereocenters. The maximum Gasteiger partial charge on any atom is 0.267 e. The summed E-state index contributed by atoms with van der Waals surface area (Å²) in [6.45, 7) is 2.08. The van der Waals surface area contributed by atoms with Crippen molar-refractivity contribution < 1.29 is 9.53 Å². The molecule has 0 aliphatic heterocycles. The summed E-state index contributed by atoms with van der Waals surface area (Å²) in [7, 11) is 1.58. The topological polar surface area (TPSA) is 78.5 Å². The molecule has 0 aliphatic rings. The molecule has 0 N–H and O–H groups in total. The molecule has 0 amide bonds. The van der Waals surface area contributed by atoms with Gasteiger partial charge in [0.1, 0.15) is 5.75 Å². The van der Waals surface area contributed by atoms with Crippen LogP contribution >= 0.6 is 11.8 Å². The SMILES string of the molecule is CCc1ccc(C(=O)CSc2nnc3n(-c4cccc(OC)c4)c(=O)c4ccccc4n23)cc1. The van der Waals surface area contributed by atoms with Crippen LogP contribution in [0.5, 0.6) is 5.75 Å². The van der Waals surface area contributed by atoms with E-state index in [2.05, 4.69) is 17.1 Å². The van der Waals surface area contributed by atoms with Crippen LogP contribution in [0.4, 0.5) is 0 Å². The van der Waals surface area contributed by atoms with Crippen molar-refractivity contribution in [3.8, 4) is 11.4 Å². The quantitative estimate of drug-likeness (QED) is 0.256. The van der Waals surface area contributed by atoms with Crippen molar-refractivity contribution in [2.45, 2.75) is 18.5 Å². The lowest BCUT2D eigenvalue weighted by molar-refractivity contribution is 0.102. The average Bonchev–Trinajstić information content (AvgIpc) is 3.31. The van der Waals surface area contributed by atoms with Crippen LogP contribution in [0.1, 0.15) is 22.8 Å². The zero-order chi connectivity index (χ0) is 23.7. The second kappa shape index (κ2) is 9.15. The number of carbonyl (C=O) groups excluding carboxylic acids is 1. The van der Waals surface area contributed by atoms with Crippen LogP contribution in [0, 0.1) is 0 Å². The molecular formula is C26H22N4O3S. The molecule has 5 aromatic rings. The number of para-hydroxylation sites is 1. The second-order valence-corrected chi connectivity index (χ2v) is 8.68. The Morgan fingerprint density at radius 3 is 2.56 bits per heavy atom. The van der Waals surface area contributed by atoms with E-state index in [0.717, 1.165) is 6.42 Å². The van der Waals surface area contributed by atoms with Gasteiger partial charge in [0, 0.05) is 11.6 Å². The Bertz CT molecular complexity index is 1570. The lowest BCUT2D eigenvalue weighted by Crippen LogP contribution is -2.22. The first-order valence-electron chi connectivity index (χ1n) is 10.9. The van der Waals surface area contributed by atoms with Gasteiger partial charge in [-0.15, -0.1) is 10.2 Å². The van der Waals surface area contributed by atoms with Gasteiger partial charge in [-0.3, -0.25) is 14.0 Å². The monoisotopic (exact) mass is 470 g/mol. The Labute approximate surface area is 200 Å². The Hall–Kier alpha value is -3.91. The van der Waals surface area contributed by atoms with Crippen molar-refractivity contribution in [2.75, 3.05) is 12.9 Å². The molecule has 0 saturated carbocycles. The zero-order valence-corrected chi connectivity index (χ0v) is 19.6. The highest BCUT2D eigenvalue weighted by Crippen LogP contribution is 2.25. The van der Waals surface area contributed by atoms with E-state index < -0.39 is 0 Å². The Balaban J connectivity index is 1.59. The molecule has 0 fully saturated rings. The normalized spacial score (nSPS) is 11.2. The van der Waals surface area contributed by atoms with Crippen LogP contribution in [0.3, 0.4) is 0 Å². The minimum atomic E-state index is -0.201. The van der Waals surface area contributed by atoms with Gasteiger partial charge in [-0.05, 0) is 36.2 Å². The van der Waals surface area contributed by atoms with Crippen LogP contribution in [-0.2, 0) is 6.42 Å². The van der Waals surface area contributed by atoms with Gasteiger partial charge < -0.3 is 4.74 Å². The van der Waals surface area contributed by atoms with E-state index in [4.69, 9.17) is 4.74 Å². The molecule has 0 bridgehead atoms. The van der Waals surface area contributed by atoms with Gasteiger partial charge in [-0.25, -0.2) is 4.57 Å². The molecule has 0 unspecified atom stereocenters. The summed E-state index contributed by atoms with van der Waals surface area (Å²) < 4.78 is 8.69. The highest BCUT2D eigenvalue weighted by molar-refractivity contribution is 7.99. The van der Waals surface area contributed by atoms with Gasteiger partial charge in [-0.1, -0.05) is 61.2 Å². The van der Waals surface area contributed by atoms with Crippen molar-refractivity contribution in [3.63, 3.8) is 0 Å². The number of hydrogen-bond acceptors (Lipinski definition) is 6. The number of thioether (sulfide) groups is 1. The van der Waals surface area contributed by atoms with E-state index >= 15 is 0 Å². The molecule has 3 aromatic carbocycles. The van der Waals surface area contributed by atoms with Crippen LogP contribution in [0.2, 0.25) is 0 Å². The maximum atomic E-state index is 13.4. The van der Waals surface area contributed by atoms with E-state index in [1.54, 1.807) is 19.2 Å². The predicted molar refractivity (Wildman–Crippen MR) is 134 cm³/mol. The maximum absolute atomic E-state index is 13.4. The molecule has 34 heavy (non-hydrogen) atoms. The molecule has 2 heterocycles. The smallest absolute Gasteiger partial charge is 0.267 e. The third kappa shape index (κ3) is 3.86. The number of ketones is 1. The highest BCUT2D eigenvalue weighted by Gasteiger charge is 2.19. The van der Waals surface area contributed by atoms with E-state index in [9.17, 15) is 9.59 Å². The summed E-state index contributed by atoms with van der Waals surface area (Å²) in [6, 6.07) is 22.2. The van der Waals surface area contributed by atoms with Crippen molar-refractivity contribution in [2.24, 2.45) is 0 Å². The third-order valence-electron chi connectivity index (χ3n) is 5.72. The minimum absolute atomic E-state index is 0.00910. The number of nitrogens with zero attached hydrogens (tertiary/aromatic N) is 4. The molecule has 0 aliphatic carbocycles. The molecule has 8 heteroatoms. The van der Waals surface area contributed by atoms with Gasteiger partial charge in [0.2, 0.25) is 5.78 Å². The fourth-order valence-corrected chi connectivity index (χ4v) is 4.73. The lowest BCUT2D eigenvalue weighted by atomic mass is 10.1. The van der Waals surface area contributed by atoms with Gasteiger partial charge >= 0.3 is 0 Å². The standard InChI is InChI=1S/C26H22N4O3S/c1-3-17-11-13-18(14-12-17)23(31)16-34-26-28-27-25-29(19-7-6-8-20(15-19)33-2)24(32)21-9-4-5-10-22(21)30(25)26/h4-15H,3,16H2,1-2H3. The molecule has 0 radical (unpaired) electrons. The van der Waals surface area contributed by atoms with Crippen molar-refractivity contribution in [1.82, 2.24) is 19.2 Å². The minimum Gasteiger partial charge on any atom is -0.497 e. The van der Waals surface area contributed by atoms with Crippen LogP contribution in [0.25, 0.3) is 22.4 Å². The number of benzene rings is 3. The fourth-order valence-electron chi connectivity index (χ4n) is 3.89. The van der Waals surface area contributed by atoms with E-state index in [1.807, 2.05) is 65.1 Å². The Morgan fingerprint density at radius 1 is 1.00 bits per heavy atom. The number of rotatable bonds is 7. The average molecular weight is 471 g/mol. The van der Waals surface area contributed by atoms with Gasteiger partial charge in [0.25, 0.3) is 5.56 Å². The van der Waals surface area contributed by atoms with E-state index in [1.165, 1.54) is 21.9 Å². The Kier molecular flexibility index (Phi) is 5.90. The van der Waals surface area contributed by atoms with Gasteiger partial charge in [0.05, 0.1) is 29.5 Å². The van der Waals surface area contributed by atoms with Crippen molar-refractivity contribution in [1.29, 1.82) is 0 Å². The largest absolute Gasteiger partial charge is 0.497 e.